The molecule has 0 atom stereocenters. The molecule has 0 aromatic heterocycles. The van der Waals surface area contributed by atoms with E-state index in [9.17, 15) is 0 Å². The summed E-state index contributed by atoms with van der Waals surface area (Å²) in [5.41, 5.74) is 21.3. The molecule has 0 spiro atoms. The van der Waals surface area contributed by atoms with Gasteiger partial charge in [0.1, 0.15) is 0 Å². The zero-order chi connectivity index (χ0) is 13.0. The summed E-state index contributed by atoms with van der Waals surface area (Å²) < 4.78 is 0. The van der Waals surface area contributed by atoms with Crippen LogP contribution in [0.4, 0.5) is 0 Å². The minimum Gasteiger partial charge on any atom is -0.330 e. The van der Waals surface area contributed by atoms with Crippen molar-refractivity contribution in [2.45, 2.75) is 52.6 Å². The lowest BCUT2D eigenvalue weighted by Gasteiger charge is -2.05. The zero-order valence-corrected chi connectivity index (χ0v) is 11.3. The van der Waals surface area contributed by atoms with Crippen LogP contribution in [0.25, 0.3) is 0 Å². The molecule has 0 saturated heterocycles. The van der Waals surface area contributed by atoms with Crippen molar-refractivity contribution in [1.82, 2.24) is 0 Å². The minimum atomic E-state index is -0.114. The van der Waals surface area contributed by atoms with Gasteiger partial charge in [-0.1, -0.05) is 20.8 Å². The number of rotatable bonds is 7. The summed E-state index contributed by atoms with van der Waals surface area (Å²) >= 11 is 0. The summed E-state index contributed by atoms with van der Waals surface area (Å²) in [7, 11) is 0. The van der Waals surface area contributed by atoms with E-state index in [1.165, 1.54) is 0 Å². The van der Waals surface area contributed by atoms with Crippen LogP contribution in [0.5, 0.6) is 0 Å². The van der Waals surface area contributed by atoms with Crippen LogP contribution in [0.15, 0.2) is 0 Å². The second kappa shape index (κ2) is 12.9. The summed E-state index contributed by atoms with van der Waals surface area (Å²) in [5, 5.41) is 0. The van der Waals surface area contributed by atoms with Crippen LogP contribution < -0.4 is 22.9 Å². The first-order valence-corrected chi connectivity index (χ1v) is 6.35. The maximum atomic E-state index is 5.32. The summed E-state index contributed by atoms with van der Waals surface area (Å²) in [6.45, 7) is 8.10. The van der Waals surface area contributed by atoms with Gasteiger partial charge in [-0.2, -0.15) is 0 Å². The first kappa shape index (κ1) is 18.2. The molecule has 0 saturated carbocycles. The second-order valence-electron chi connectivity index (χ2n) is 4.89. The summed E-state index contributed by atoms with van der Waals surface area (Å²) in [6, 6.07) is 0. The fourth-order valence-electron chi connectivity index (χ4n) is 1.24. The van der Waals surface area contributed by atoms with Crippen LogP contribution in [0, 0.1) is 11.8 Å². The van der Waals surface area contributed by atoms with Crippen LogP contribution in [0.1, 0.15) is 46.5 Å². The molecule has 0 radical (unpaired) electrons. The lowest BCUT2D eigenvalue weighted by atomic mass is 10.0. The van der Waals surface area contributed by atoms with Crippen LogP contribution >= 0.6 is 0 Å². The average molecular weight is 232 g/mol. The molecule has 8 N–H and O–H groups in total. The predicted octanol–water partition coefficient (Wildman–Crippen LogP) is 0.986. The molecular formula is C12H32N4. The molecule has 0 amide bonds. The Labute approximate surface area is 101 Å². The van der Waals surface area contributed by atoms with Gasteiger partial charge in [0.15, 0.2) is 0 Å². The molecule has 0 aliphatic rings. The normalized spacial score (nSPS) is 10.9. The van der Waals surface area contributed by atoms with E-state index < -0.39 is 0 Å². The molecular weight excluding hydrogens is 200 g/mol. The quantitative estimate of drug-likeness (QED) is 0.491. The third kappa shape index (κ3) is 19.4. The Balaban J connectivity index is 0. The standard InChI is InChI=1S/2C6H16N2/c1-5(2)3-4-6(7)8;1-6(2-4-7)3-5-8/h5-6H,3-4,7-8H2,1-2H3;6H,2-5,7-8H2,1H3. The van der Waals surface area contributed by atoms with Crippen molar-refractivity contribution >= 4 is 0 Å². The van der Waals surface area contributed by atoms with Gasteiger partial charge in [0.05, 0.1) is 6.17 Å². The molecule has 16 heavy (non-hydrogen) atoms. The van der Waals surface area contributed by atoms with Gasteiger partial charge in [0.25, 0.3) is 0 Å². The fourth-order valence-corrected chi connectivity index (χ4v) is 1.24. The van der Waals surface area contributed by atoms with Crippen molar-refractivity contribution in [2.24, 2.45) is 34.8 Å². The van der Waals surface area contributed by atoms with Crippen molar-refractivity contribution in [2.75, 3.05) is 13.1 Å². The summed E-state index contributed by atoms with van der Waals surface area (Å²) in [6.07, 6.45) is 4.18. The number of hydrogen-bond acceptors (Lipinski definition) is 4. The Morgan fingerprint density at radius 1 is 0.750 bits per heavy atom. The third-order valence-electron chi connectivity index (χ3n) is 2.40. The molecule has 0 fully saturated rings. The minimum absolute atomic E-state index is 0.114. The van der Waals surface area contributed by atoms with Gasteiger partial charge in [-0.25, -0.2) is 0 Å². The van der Waals surface area contributed by atoms with Gasteiger partial charge >= 0.3 is 0 Å². The lowest BCUT2D eigenvalue weighted by Crippen LogP contribution is -2.30. The maximum absolute atomic E-state index is 5.32. The Bertz CT molecular complexity index is 112. The van der Waals surface area contributed by atoms with Crippen LogP contribution in [0.3, 0.4) is 0 Å². The largest absolute Gasteiger partial charge is 0.330 e. The van der Waals surface area contributed by atoms with Crippen LogP contribution in [-0.2, 0) is 0 Å². The zero-order valence-electron chi connectivity index (χ0n) is 11.3. The SMILES string of the molecule is CC(C)CCC(N)N.CC(CCN)CCN. The molecule has 0 aliphatic heterocycles. The lowest BCUT2D eigenvalue weighted by molar-refractivity contribution is 0.504. The molecule has 0 aromatic rings. The Hall–Kier alpha value is -0.160. The second-order valence-corrected chi connectivity index (χ2v) is 4.89. The van der Waals surface area contributed by atoms with Gasteiger partial charge in [-0.15, -0.1) is 0 Å². The van der Waals surface area contributed by atoms with E-state index in [-0.39, 0.29) is 6.17 Å². The summed E-state index contributed by atoms with van der Waals surface area (Å²) in [5.74, 6) is 1.44. The molecule has 0 aliphatic carbocycles. The molecule has 100 valence electrons. The van der Waals surface area contributed by atoms with Gasteiger partial charge < -0.3 is 22.9 Å². The van der Waals surface area contributed by atoms with Crippen molar-refractivity contribution in [1.29, 1.82) is 0 Å². The third-order valence-corrected chi connectivity index (χ3v) is 2.40. The average Bonchev–Trinajstić information content (AvgIpc) is 2.16. The van der Waals surface area contributed by atoms with E-state index in [1.807, 2.05) is 0 Å². The van der Waals surface area contributed by atoms with Gasteiger partial charge in [-0.3, -0.25) is 0 Å². The van der Waals surface area contributed by atoms with E-state index in [2.05, 4.69) is 20.8 Å². The molecule has 4 nitrogen and oxygen atoms in total. The highest BCUT2D eigenvalue weighted by Gasteiger charge is 1.96. The number of hydrogen-bond donors (Lipinski definition) is 4. The van der Waals surface area contributed by atoms with Gasteiger partial charge in [0.2, 0.25) is 0 Å². The highest BCUT2D eigenvalue weighted by atomic mass is 14.8. The smallest absolute Gasteiger partial charge is 0.0520 e. The topological polar surface area (TPSA) is 104 Å². The monoisotopic (exact) mass is 232 g/mol. The van der Waals surface area contributed by atoms with Crippen molar-refractivity contribution < 1.29 is 0 Å². The Kier molecular flexibility index (Phi) is 14.7. The molecule has 0 heterocycles. The molecule has 0 unspecified atom stereocenters. The highest BCUT2D eigenvalue weighted by Crippen LogP contribution is 2.03. The van der Waals surface area contributed by atoms with E-state index in [0.717, 1.165) is 44.7 Å². The van der Waals surface area contributed by atoms with Crippen LogP contribution in [0.2, 0.25) is 0 Å². The van der Waals surface area contributed by atoms with Crippen molar-refractivity contribution in [3.05, 3.63) is 0 Å². The molecule has 0 aromatic carbocycles. The molecule has 4 heteroatoms. The van der Waals surface area contributed by atoms with E-state index in [0.29, 0.717) is 5.92 Å². The Morgan fingerprint density at radius 2 is 1.19 bits per heavy atom. The Morgan fingerprint density at radius 3 is 1.38 bits per heavy atom. The molecule has 0 rings (SSSR count). The van der Waals surface area contributed by atoms with E-state index >= 15 is 0 Å². The van der Waals surface area contributed by atoms with E-state index in [4.69, 9.17) is 22.9 Å². The first-order chi connectivity index (χ1) is 7.43. The van der Waals surface area contributed by atoms with Gasteiger partial charge in [0, 0.05) is 0 Å². The van der Waals surface area contributed by atoms with Crippen molar-refractivity contribution in [3.63, 3.8) is 0 Å². The number of nitrogens with two attached hydrogens (primary N) is 4. The van der Waals surface area contributed by atoms with Gasteiger partial charge in [-0.05, 0) is 50.6 Å². The predicted molar refractivity (Wildman–Crippen MR) is 72.7 cm³/mol. The van der Waals surface area contributed by atoms with Crippen molar-refractivity contribution in [3.8, 4) is 0 Å². The highest BCUT2D eigenvalue weighted by molar-refractivity contribution is 4.53. The summed E-state index contributed by atoms with van der Waals surface area (Å²) in [4.78, 5) is 0. The fraction of sp³-hybridized carbons (Fsp3) is 1.00. The van der Waals surface area contributed by atoms with Crippen LogP contribution in [-0.4, -0.2) is 19.3 Å². The first-order valence-electron chi connectivity index (χ1n) is 6.35. The molecule has 0 bridgehead atoms. The van der Waals surface area contributed by atoms with E-state index in [1.54, 1.807) is 0 Å². The maximum Gasteiger partial charge on any atom is 0.0520 e.